The summed E-state index contributed by atoms with van der Waals surface area (Å²) in [6, 6.07) is 3.30. The summed E-state index contributed by atoms with van der Waals surface area (Å²) in [7, 11) is -7.67. The van der Waals surface area contributed by atoms with Crippen LogP contribution in [0.4, 0.5) is 13.2 Å². The Bertz CT molecular complexity index is 660. The van der Waals surface area contributed by atoms with Gasteiger partial charge in [0.15, 0.2) is 0 Å². The molecular formula is C13H17F3O3SSi. The first-order chi connectivity index (χ1) is 9.42. The van der Waals surface area contributed by atoms with Crippen LogP contribution in [-0.4, -0.2) is 22.0 Å². The predicted octanol–water partition coefficient (Wildman–Crippen LogP) is 2.95. The van der Waals surface area contributed by atoms with E-state index in [9.17, 15) is 21.6 Å². The van der Waals surface area contributed by atoms with E-state index in [4.69, 9.17) is 0 Å². The third kappa shape index (κ3) is 3.26. The molecule has 0 unspecified atom stereocenters. The molecule has 21 heavy (non-hydrogen) atoms. The molecule has 0 amide bonds. The van der Waals surface area contributed by atoms with Crippen LogP contribution in [0.25, 0.3) is 0 Å². The summed E-state index contributed by atoms with van der Waals surface area (Å²) in [6.07, 6.45) is 2.54. The number of benzene rings is 1. The predicted molar refractivity (Wildman–Crippen MR) is 77.0 cm³/mol. The van der Waals surface area contributed by atoms with Gasteiger partial charge >= 0.3 is 15.6 Å². The average molecular weight is 338 g/mol. The second-order valence-corrected chi connectivity index (χ2v) is 12.8. The maximum atomic E-state index is 12.5. The van der Waals surface area contributed by atoms with Gasteiger partial charge in [-0.1, -0.05) is 25.7 Å². The molecule has 8 heteroatoms. The lowest BCUT2D eigenvalue weighted by atomic mass is 10.1. The molecule has 0 spiro atoms. The van der Waals surface area contributed by atoms with E-state index >= 15 is 0 Å². The summed E-state index contributed by atoms with van der Waals surface area (Å²) < 4.78 is 64.5. The van der Waals surface area contributed by atoms with Crippen LogP contribution < -0.4 is 9.37 Å². The van der Waals surface area contributed by atoms with Crippen LogP contribution in [0.15, 0.2) is 12.1 Å². The topological polar surface area (TPSA) is 43.4 Å². The van der Waals surface area contributed by atoms with Crippen LogP contribution >= 0.6 is 0 Å². The molecule has 1 aliphatic rings. The summed E-state index contributed by atoms with van der Waals surface area (Å²) in [5, 5.41) is 0.607. The van der Waals surface area contributed by atoms with Crippen LogP contribution in [-0.2, 0) is 23.0 Å². The minimum absolute atomic E-state index is 0.160. The van der Waals surface area contributed by atoms with E-state index in [1.54, 1.807) is 0 Å². The number of halogens is 3. The number of rotatable bonds is 3. The van der Waals surface area contributed by atoms with E-state index in [2.05, 4.69) is 4.18 Å². The van der Waals surface area contributed by atoms with Crippen LogP contribution in [0.3, 0.4) is 0 Å². The Balaban J connectivity index is 2.53. The van der Waals surface area contributed by atoms with E-state index in [1.807, 2.05) is 25.7 Å². The molecule has 2 rings (SSSR count). The molecule has 0 atom stereocenters. The van der Waals surface area contributed by atoms with E-state index in [0.29, 0.717) is 5.19 Å². The lowest BCUT2D eigenvalue weighted by Gasteiger charge is -2.22. The van der Waals surface area contributed by atoms with Gasteiger partial charge in [-0.25, -0.2) is 0 Å². The van der Waals surface area contributed by atoms with Crippen molar-refractivity contribution in [3.63, 3.8) is 0 Å². The maximum absolute atomic E-state index is 12.5. The molecule has 1 aromatic rings. The Kier molecular flexibility index (Phi) is 3.90. The molecule has 0 bridgehead atoms. The van der Waals surface area contributed by atoms with Crippen molar-refractivity contribution in [2.75, 3.05) is 0 Å². The third-order valence-electron chi connectivity index (χ3n) is 3.49. The van der Waals surface area contributed by atoms with Crippen molar-refractivity contribution in [1.82, 2.24) is 0 Å². The Morgan fingerprint density at radius 1 is 1.10 bits per heavy atom. The highest BCUT2D eigenvalue weighted by molar-refractivity contribution is 7.88. The van der Waals surface area contributed by atoms with E-state index < -0.39 is 23.7 Å². The van der Waals surface area contributed by atoms with Crippen molar-refractivity contribution in [2.24, 2.45) is 0 Å². The van der Waals surface area contributed by atoms with Crippen LogP contribution in [0, 0.1) is 0 Å². The molecule has 0 aromatic heterocycles. The van der Waals surface area contributed by atoms with Crippen molar-refractivity contribution < 1.29 is 25.8 Å². The van der Waals surface area contributed by atoms with Crippen molar-refractivity contribution in [3.05, 3.63) is 23.3 Å². The fraction of sp³-hybridized carbons (Fsp3) is 0.538. The van der Waals surface area contributed by atoms with Gasteiger partial charge in [-0.15, -0.1) is 0 Å². The van der Waals surface area contributed by atoms with Gasteiger partial charge in [-0.05, 0) is 41.6 Å². The number of hydrogen-bond donors (Lipinski definition) is 0. The normalized spacial score (nSPS) is 15.9. The van der Waals surface area contributed by atoms with Gasteiger partial charge in [0.1, 0.15) is 5.75 Å². The van der Waals surface area contributed by atoms with Crippen LogP contribution in [0.5, 0.6) is 5.75 Å². The SMILES string of the molecule is C[Si](C)(C)c1cc2c(cc1OS(=O)(=O)C(F)(F)F)CCC2. The zero-order chi connectivity index (χ0) is 16.1. The molecule has 0 saturated heterocycles. The quantitative estimate of drug-likeness (QED) is 0.483. The number of fused-ring (bicyclic) bond motifs is 1. The zero-order valence-corrected chi connectivity index (χ0v) is 13.9. The Morgan fingerprint density at radius 2 is 1.62 bits per heavy atom. The molecule has 1 aliphatic carbocycles. The van der Waals surface area contributed by atoms with E-state index in [0.717, 1.165) is 30.4 Å². The van der Waals surface area contributed by atoms with Gasteiger partial charge in [0.25, 0.3) is 0 Å². The second-order valence-electron chi connectivity index (χ2n) is 6.20. The van der Waals surface area contributed by atoms with Crippen molar-refractivity contribution in [2.45, 2.75) is 44.4 Å². The molecule has 1 aromatic carbocycles. The molecule has 3 nitrogen and oxygen atoms in total. The molecule has 118 valence electrons. The molecular weight excluding hydrogens is 321 g/mol. The molecule has 0 aliphatic heterocycles. The molecule has 0 fully saturated rings. The summed E-state index contributed by atoms with van der Waals surface area (Å²) in [5.74, 6) is -0.160. The monoisotopic (exact) mass is 338 g/mol. The molecule has 0 heterocycles. The standard InChI is InChI=1S/C13H17F3O3SSi/c1-21(2,3)12-8-10-6-4-5-9(10)7-11(12)19-20(17,18)13(14,15)16/h7-8H,4-6H2,1-3H3. The fourth-order valence-electron chi connectivity index (χ4n) is 2.42. The summed E-state index contributed by atoms with van der Waals surface area (Å²) >= 11 is 0. The zero-order valence-electron chi connectivity index (χ0n) is 12.0. The van der Waals surface area contributed by atoms with Crippen molar-refractivity contribution >= 4 is 23.4 Å². The van der Waals surface area contributed by atoms with E-state index in [-0.39, 0.29) is 5.75 Å². The Labute approximate surface area is 123 Å². The third-order valence-corrected chi connectivity index (χ3v) is 6.46. The fourth-order valence-corrected chi connectivity index (χ4v) is 4.43. The molecule has 0 N–H and O–H groups in total. The molecule has 0 radical (unpaired) electrons. The number of aryl methyl sites for hydroxylation is 2. The van der Waals surface area contributed by atoms with Gasteiger partial charge < -0.3 is 4.18 Å². The minimum Gasteiger partial charge on any atom is -0.376 e. The largest absolute Gasteiger partial charge is 0.534 e. The minimum atomic E-state index is -5.63. The first-order valence-corrected chi connectivity index (χ1v) is 11.5. The lowest BCUT2D eigenvalue weighted by Crippen LogP contribution is -2.40. The van der Waals surface area contributed by atoms with Gasteiger partial charge in [0.2, 0.25) is 0 Å². The Morgan fingerprint density at radius 3 is 2.10 bits per heavy atom. The lowest BCUT2D eigenvalue weighted by molar-refractivity contribution is -0.0499. The number of alkyl halides is 3. The van der Waals surface area contributed by atoms with Crippen molar-refractivity contribution in [1.29, 1.82) is 0 Å². The molecule has 0 saturated carbocycles. The van der Waals surface area contributed by atoms with Gasteiger partial charge in [0, 0.05) is 0 Å². The van der Waals surface area contributed by atoms with E-state index in [1.165, 1.54) is 6.07 Å². The summed E-state index contributed by atoms with van der Waals surface area (Å²) in [6.45, 7) is 5.82. The van der Waals surface area contributed by atoms with Crippen molar-refractivity contribution in [3.8, 4) is 5.75 Å². The highest BCUT2D eigenvalue weighted by atomic mass is 32.2. The van der Waals surface area contributed by atoms with Crippen LogP contribution in [0.2, 0.25) is 19.6 Å². The maximum Gasteiger partial charge on any atom is 0.534 e. The van der Waals surface area contributed by atoms with Crippen LogP contribution in [0.1, 0.15) is 17.5 Å². The van der Waals surface area contributed by atoms with Gasteiger partial charge in [0.05, 0.1) is 8.07 Å². The summed E-state index contributed by atoms with van der Waals surface area (Å²) in [5.41, 5.74) is -3.45. The second kappa shape index (κ2) is 5.01. The van der Waals surface area contributed by atoms with Gasteiger partial charge in [-0.2, -0.15) is 21.6 Å². The van der Waals surface area contributed by atoms with Gasteiger partial charge in [-0.3, -0.25) is 0 Å². The smallest absolute Gasteiger partial charge is 0.376 e. The highest BCUT2D eigenvalue weighted by Gasteiger charge is 2.49. The number of hydrogen-bond acceptors (Lipinski definition) is 3. The summed E-state index contributed by atoms with van der Waals surface area (Å²) in [4.78, 5) is 0. The Hall–Kier alpha value is -1.02. The first kappa shape index (κ1) is 16.3. The first-order valence-electron chi connectivity index (χ1n) is 6.59. The average Bonchev–Trinajstić information content (AvgIpc) is 2.71. The highest BCUT2D eigenvalue weighted by Crippen LogP contribution is 2.31.